The van der Waals surface area contributed by atoms with Gasteiger partial charge in [-0.25, -0.2) is 14.4 Å². The lowest BCUT2D eigenvalue weighted by molar-refractivity contribution is -0.137. The first-order valence-corrected chi connectivity index (χ1v) is 8.70. The Balaban J connectivity index is 1.79. The Labute approximate surface area is 159 Å². The number of benzene rings is 2. The molecular weight excluding hydrogens is 370 g/mol. The van der Waals surface area contributed by atoms with Crippen LogP contribution >= 0.6 is 0 Å². The third-order valence-corrected chi connectivity index (χ3v) is 4.24. The van der Waals surface area contributed by atoms with E-state index in [0.717, 1.165) is 23.0 Å². The van der Waals surface area contributed by atoms with Gasteiger partial charge in [-0.15, -0.1) is 0 Å². The molecule has 3 rings (SSSR count). The van der Waals surface area contributed by atoms with Crippen molar-refractivity contribution in [2.75, 3.05) is 5.32 Å². The Hall–Kier alpha value is -3.14. The molecule has 2 aromatic carbocycles. The summed E-state index contributed by atoms with van der Waals surface area (Å²) in [5.41, 5.74) is -0.513. The van der Waals surface area contributed by atoms with Gasteiger partial charge in [0.2, 0.25) is 0 Å². The number of aromatic nitrogens is 2. The predicted molar refractivity (Wildman–Crippen MR) is 100 cm³/mol. The molecule has 1 unspecified atom stereocenters. The van der Waals surface area contributed by atoms with Crippen molar-refractivity contribution in [2.45, 2.75) is 32.0 Å². The molecule has 3 nitrogen and oxygen atoms in total. The van der Waals surface area contributed by atoms with Gasteiger partial charge in [-0.05, 0) is 36.8 Å². The number of rotatable bonds is 4. The molecule has 7 heteroatoms. The molecule has 1 aromatic heterocycles. The highest BCUT2D eigenvalue weighted by Gasteiger charge is 2.33. The van der Waals surface area contributed by atoms with Crippen molar-refractivity contribution < 1.29 is 17.6 Å². The highest BCUT2D eigenvalue weighted by atomic mass is 19.4. The van der Waals surface area contributed by atoms with E-state index in [1.807, 2.05) is 31.2 Å². The number of halogens is 4. The second-order valence-electron chi connectivity index (χ2n) is 6.18. The van der Waals surface area contributed by atoms with Gasteiger partial charge in [-0.2, -0.15) is 13.2 Å². The summed E-state index contributed by atoms with van der Waals surface area (Å²) < 4.78 is 52.3. The monoisotopic (exact) mass is 387 g/mol. The number of fused-ring (bicyclic) bond motifs is 1. The molecule has 28 heavy (non-hydrogen) atoms. The van der Waals surface area contributed by atoms with Gasteiger partial charge < -0.3 is 5.32 Å². The van der Waals surface area contributed by atoms with Crippen LogP contribution in [0.2, 0.25) is 0 Å². The van der Waals surface area contributed by atoms with Crippen molar-refractivity contribution in [1.29, 1.82) is 0 Å². The van der Waals surface area contributed by atoms with Crippen molar-refractivity contribution >= 4 is 16.7 Å². The molecule has 144 valence electrons. The van der Waals surface area contributed by atoms with Gasteiger partial charge in [-0.3, -0.25) is 0 Å². The molecule has 0 saturated carbocycles. The van der Waals surface area contributed by atoms with Crippen LogP contribution in [0.25, 0.3) is 10.9 Å². The standard InChI is InChI=1S/C21H17F4N3/c1-2-16(28-20-17-8-3-4-9-19(17)26-13-27-20)7-5-6-14-10-11-15(22)12-18(14)21(23,24)25/h3-4,8-13,16H,2,7H2,1H3,(H,26,27,28). The number of hydrogen-bond acceptors (Lipinski definition) is 3. The van der Waals surface area contributed by atoms with Crippen LogP contribution in [0.3, 0.4) is 0 Å². The third kappa shape index (κ3) is 4.58. The normalized spacial score (nSPS) is 12.3. The van der Waals surface area contributed by atoms with Crippen LogP contribution in [0.4, 0.5) is 23.4 Å². The largest absolute Gasteiger partial charge is 0.417 e. The highest BCUT2D eigenvalue weighted by Crippen LogP contribution is 2.32. The molecule has 1 N–H and O–H groups in total. The Morgan fingerprint density at radius 1 is 1.11 bits per heavy atom. The molecule has 1 heterocycles. The first kappa shape index (κ1) is 19.6. The van der Waals surface area contributed by atoms with E-state index in [0.29, 0.717) is 24.7 Å². The molecule has 0 aliphatic rings. The molecule has 3 aromatic rings. The molecule has 0 aliphatic heterocycles. The van der Waals surface area contributed by atoms with Crippen molar-refractivity contribution in [3.63, 3.8) is 0 Å². The van der Waals surface area contributed by atoms with Crippen LogP contribution in [0.5, 0.6) is 0 Å². The minimum atomic E-state index is -4.66. The Morgan fingerprint density at radius 2 is 1.89 bits per heavy atom. The fraction of sp³-hybridized carbons (Fsp3) is 0.238. The molecule has 1 atom stereocenters. The van der Waals surface area contributed by atoms with Gasteiger partial charge in [0.25, 0.3) is 0 Å². The van der Waals surface area contributed by atoms with Crippen LogP contribution < -0.4 is 5.32 Å². The first-order valence-electron chi connectivity index (χ1n) is 8.70. The summed E-state index contributed by atoms with van der Waals surface area (Å²) >= 11 is 0. The molecule has 0 fully saturated rings. The Morgan fingerprint density at radius 3 is 2.64 bits per heavy atom. The number of alkyl halides is 3. The SMILES string of the molecule is CCC(CC#Cc1ccc(F)cc1C(F)(F)F)Nc1ncnc2ccccc12. The average Bonchev–Trinajstić information content (AvgIpc) is 2.67. The van der Waals surface area contributed by atoms with Crippen LogP contribution in [-0.2, 0) is 6.18 Å². The lowest BCUT2D eigenvalue weighted by Gasteiger charge is -2.16. The van der Waals surface area contributed by atoms with Crippen molar-refractivity contribution in [3.8, 4) is 11.8 Å². The first-order chi connectivity index (χ1) is 13.4. The molecule has 0 amide bonds. The molecule has 0 aliphatic carbocycles. The molecule has 0 saturated heterocycles. The summed E-state index contributed by atoms with van der Waals surface area (Å²) in [6.07, 6.45) is -2.20. The molecule has 0 bridgehead atoms. The maximum Gasteiger partial charge on any atom is 0.417 e. The third-order valence-electron chi connectivity index (χ3n) is 4.24. The second kappa shape index (κ2) is 8.26. The quantitative estimate of drug-likeness (QED) is 0.480. The summed E-state index contributed by atoms with van der Waals surface area (Å²) in [6.45, 7) is 1.95. The van der Waals surface area contributed by atoms with E-state index < -0.39 is 17.6 Å². The van der Waals surface area contributed by atoms with Crippen molar-refractivity contribution in [2.24, 2.45) is 0 Å². The number of para-hydroxylation sites is 1. The zero-order chi connectivity index (χ0) is 20.1. The zero-order valence-electron chi connectivity index (χ0n) is 15.0. The summed E-state index contributed by atoms with van der Waals surface area (Å²) in [4.78, 5) is 8.46. The fourth-order valence-electron chi connectivity index (χ4n) is 2.74. The van der Waals surface area contributed by atoms with Gasteiger partial charge in [0.05, 0.1) is 11.1 Å². The molecule has 0 radical (unpaired) electrons. The van der Waals surface area contributed by atoms with E-state index in [9.17, 15) is 17.6 Å². The summed E-state index contributed by atoms with van der Waals surface area (Å²) in [5, 5.41) is 4.13. The van der Waals surface area contributed by atoms with Crippen LogP contribution in [-0.4, -0.2) is 16.0 Å². The number of nitrogens with one attached hydrogen (secondary N) is 1. The van der Waals surface area contributed by atoms with Gasteiger partial charge >= 0.3 is 6.18 Å². The molecule has 0 spiro atoms. The highest BCUT2D eigenvalue weighted by molar-refractivity contribution is 5.88. The Kier molecular flexibility index (Phi) is 5.78. The number of nitrogens with zero attached hydrogens (tertiary/aromatic N) is 2. The minimum absolute atomic E-state index is 0.111. The smallest absolute Gasteiger partial charge is 0.366 e. The van der Waals surface area contributed by atoms with E-state index in [-0.39, 0.29) is 11.6 Å². The van der Waals surface area contributed by atoms with Crippen LogP contribution in [0.1, 0.15) is 30.9 Å². The maximum absolute atomic E-state index is 13.2. The number of anilines is 1. The lowest BCUT2D eigenvalue weighted by atomic mass is 10.1. The fourth-order valence-corrected chi connectivity index (χ4v) is 2.74. The van der Waals surface area contributed by atoms with Crippen LogP contribution in [0, 0.1) is 17.7 Å². The summed E-state index contributed by atoms with van der Waals surface area (Å²) in [7, 11) is 0. The van der Waals surface area contributed by atoms with Gasteiger partial charge in [0.1, 0.15) is 18.0 Å². The van der Waals surface area contributed by atoms with E-state index in [1.165, 1.54) is 6.33 Å². The predicted octanol–water partition coefficient (Wildman–Crippen LogP) is 5.42. The van der Waals surface area contributed by atoms with Crippen molar-refractivity contribution in [1.82, 2.24) is 9.97 Å². The summed E-state index contributed by atoms with van der Waals surface area (Å²) in [5.74, 6) is 5.01. The van der Waals surface area contributed by atoms with E-state index in [1.54, 1.807) is 0 Å². The van der Waals surface area contributed by atoms with Gasteiger partial charge in [0.15, 0.2) is 0 Å². The van der Waals surface area contributed by atoms with E-state index in [4.69, 9.17) is 0 Å². The zero-order valence-corrected chi connectivity index (χ0v) is 15.0. The second-order valence-corrected chi connectivity index (χ2v) is 6.18. The lowest BCUT2D eigenvalue weighted by Crippen LogP contribution is -2.18. The molecular formula is C21H17F4N3. The van der Waals surface area contributed by atoms with Crippen LogP contribution in [0.15, 0.2) is 48.8 Å². The average molecular weight is 387 g/mol. The topological polar surface area (TPSA) is 37.8 Å². The Bertz CT molecular complexity index is 1030. The summed E-state index contributed by atoms with van der Waals surface area (Å²) in [6, 6.07) is 9.90. The van der Waals surface area contributed by atoms with E-state index >= 15 is 0 Å². The van der Waals surface area contributed by atoms with Gasteiger partial charge in [-0.1, -0.05) is 30.9 Å². The van der Waals surface area contributed by atoms with E-state index in [2.05, 4.69) is 27.1 Å². The number of hydrogen-bond donors (Lipinski definition) is 1. The maximum atomic E-state index is 13.2. The van der Waals surface area contributed by atoms with Gasteiger partial charge in [0, 0.05) is 23.4 Å². The van der Waals surface area contributed by atoms with Crippen molar-refractivity contribution in [3.05, 3.63) is 65.7 Å². The minimum Gasteiger partial charge on any atom is -0.366 e.